The van der Waals surface area contributed by atoms with E-state index in [2.05, 4.69) is 51.5 Å². The molecule has 0 saturated heterocycles. The molecular formula is C20H20ClN5OS2. The van der Waals surface area contributed by atoms with Gasteiger partial charge in [-0.15, -0.1) is 16.4 Å². The Morgan fingerprint density at radius 1 is 1.14 bits per heavy atom. The molecule has 4 rings (SSSR count). The zero-order chi connectivity index (χ0) is 20.2. The van der Waals surface area contributed by atoms with Crippen molar-refractivity contribution in [2.45, 2.75) is 26.7 Å². The molecule has 0 aliphatic rings. The van der Waals surface area contributed by atoms with Crippen LogP contribution in [0.25, 0.3) is 10.2 Å². The summed E-state index contributed by atoms with van der Waals surface area (Å²) in [5.74, 6) is 2.09. The minimum atomic E-state index is 0.554. The van der Waals surface area contributed by atoms with Gasteiger partial charge in [0.1, 0.15) is 27.7 Å². The number of hydrogen-bond donors (Lipinski definition) is 1. The summed E-state index contributed by atoms with van der Waals surface area (Å²) in [5, 5.41) is 16.7. The minimum absolute atomic E-state index is 0.554. The van der Waals surface area contributed by atoms with Crippen molar-refractivity contribution in [1.82, 2.24) is 20.2 Å². The molecule has 0 amide bonds. The predicted molar refractivity (Wildman–Crippen MR) is 120 cm³/mol. The smallest absolute Gasteiger partial charge is 0.299 e. The van der Waals surface area contributed by atoms with Gasteiger partial charge < -0.3 is 10.1 Å². The van der Waals surface area contributed by atoms with Gasteiger partial charge in [-0.2, -0.15) is 0 Å². The molecule has 0 spiro atoms. The molecule has 0 fully saturated rings. The number of aromatic nitrogens is 4. The molecule has 1 N–H and O–H groups in total. The molecule has 0 bridgehead atoms. The number of nitrogens with zero attached hydrogens (tertiary/aromatic N) is 4. The van der Waals surface area contributed by atoms with Crippen molar-refractivity contribution in [3.8, 4) is 10.9 Å². The van der Waals surface area contributed by atoms with Crippen LogP contribution in [0.1, 0.15) is 24.4 Å². The molecule has 150 valence electrons. The Morgan fingerprint density at radius 3 is 2.76 bits per heavy atom. The summed E-state index contributed by atoms with van der Waals surface area (Å²) in [6.45, 7) is 5.07. The number of hydrogen-bond acceptors (Lipinski definition) is 8. The summed E-state index contributed by atoms with van der Waals surface area (Å²) in [6, 6.07) is 8.02. The van der Waals surface area contributed by atoms with E-state index in [1.54, 1.807) is 6.33 Å². The molecule has 4 aromatic rings. The standard InChI is InChI=1S/C20H20ClN5OS2/c1-12(2)9-16-25-26-20(29-16)27-14-5-3-13(4-6-14)7-8-22-18-17-15(21)10-28-19(17)24-11-23-18/h3-6,10-12H,7-9H2,1-2H3,(H,22,23,24). The van der Waals surface area contributed by atoms with Crippen molar-refractivity contribution in [1.29, 1.82) is 0 Å². The molecule has 0 saturated carbocycles. The second-order valence-corrected chi connectivity index (χ2v) is 9.26. The lowest BCUT2D eigenvalue weighted by atomic mass is 10.1. The first-order valence-electron chi connectivity index (χ1n) is 9.29. The average Bonchev–Trinajstić information content (AvgIpc) is 3.30. The topological polar surface area (TPSA) is 72.8 Å². The van der Waals surface area contributed by atoms with Gasteiger partial charge in [0.05, 0.1) is 10.4 Å². The van der Waals surface area contributed by atoms with Crippen LogP contribution in [-0.4, -0.2) is 26.7 Å². The number of anilines is 1. The second-order valence-electron chi connectivity index (χ2n) is 6.97. The molecule has 29 heavy (non-hydrogen) atoms. The molecule has 3 aromatic heterocycles. The van der Waals surface area contributed by atoms with Crippen LogP contribution in [0, 0.1) is 5.92 Å². The summed E-state index contributed by atoms with van der Waals surface area (Å²) >= 11 is 9.27. The average molecular weight is 446 g/mol. The van der Waals surface area contributed by atoms with E-state index in [0.29, 0.717) is 16.1 Å². The second kappa shape index (κ2) is 9.02. The molecule has 3 heterocycles. The monoisotopic (exact) mass is 445 g/mol. The lowest BCUT2D eigenvalue weighted by Gasteiger charge is -2.08. The Balaban J connectivity index is 1.32. The van der Waals surface area contributed by atoms with Crippen LogP contribution in [0.15, 0.2) is 36.0 Å². The first kappa shape index (κ1) is 20.0. The van der Waals surface area contributed by atoms with E-state index in [9.17, 15) is 0 Å². The Bertz CT molecular complexity index is 1090. The van der Waals surface area contributed by atoms with Crippen LogP contribution in [-0.2, 0) is 12.8 Å². The van der Waals surface area contributed by atoms with Gasteiger partial charge in [0.15, 0.2) is 0 Å². The number of rotatable bonds is 8. The maximum Gasteiger partial charge on any atom is 0.299 e. The van der Waals surface area contributed by atoms with Gasteiger partial charge in [0, 0.05) is 18.3 Å². The zero-order valence-corrected chi connectivity index (χ0v) is 18.4. The van der Waals surface area contributed by atoms with E-state index in [4.69, 9.17) is 16.3 Å². The molecular weight excluding hydrogens is 426 g/mol. The van der Waals surface area contributed by atoms with Crippen molar-refractivity contribution >= 4 is 50.3 Å². The fourth-order valence-electron chi connectivity index (χ4n) is 2.84. The molecule has 0 unspecified atom stereocenters. The Labute approximate surface area is 182 Å². The normalized spacial score (nSPS) is 11.3. The number of fused-ring (bicyclic) bond motifs is 1. The number of ether oxygens (including phenoxy) is 1. The molecule has 0 aliphatic carbocycles. The first-order chi connectivity index (χ1) is 14.1. The first-order valence-corrected chi connectivity index (χ1v) is 11.4. The third-order valence-corrected chi connectivity index (χ3v) is 6.33. The van der Waals surface area contributed by atoms with E-state index < -0.39 is 0 Å². The third kappa shape index (κ3) is 5.01. The van der Waals surface area contributed by atoms with Crippen LogP contribution < -0.4 is 10.1 Å². The maximum absolute atomic E-state index is 6.25. The number of benzene rings is 1. The summed E-state index contributed by atoms with van der Waals surface area (Å²) in [7, 11) is 0. The number of halogens is 1. The number of nitrogens with one attached hydrogen (secondary N) is 1. The van der Waals surface area contributed by atoms with Gasteiger partial charge in [-0.3, -0.25) is 0 Å². The summed E-state index contributed by atoms with van der Waals surface area (Å²) in [4.78, 5) is 9.46. The Hall–Kier alpha value is -2.29. The Morgan fingerprint density at radius 2 is 1.97 bits per heavy atom. The SMILES string of the molecule is CC(C)Cc1nnc(Oc2ccc(CCNc3ncnc4scc(Cl)c34)cc2)s1. The maximum atomic E-state index is 6.25. The van der Waals surface area contributed by atoms with Crippen LogP contribution >= 0.6 is 34.3 Å². The highest BCUT2D eigenvalue weighted by Crippen LogP contribution is 2.32. The van der Waals surface area contributed by atoms with Gasteiger partial charge in [-0.25, -0.2) is 9.97 Å². The van der Waals surface area contributed by atoms with Crippen molar-refractivity contribution < 1.29 is 4.74 Å². The lowest BCUT2D eigenvalue weighted by molar-refractivity contribution is 0.472. The highest BCUT2D eigenvalue weighted by atomic mass is 35.5. The van der Waals surface area contributed by atoms with Crippen LogP contribution in [0.2, 0.25) is 5.02 Å². The van der Waals surface area contributed by atoms with Crippen molar-refractivity contribution in [3.05, 3.63) is 51.6 Å². The van der Waals surface area contributed by atoms with E-state index in [-0.39, 0.29) is 0 Å². The number of thiophene rings is 1. The summed E-state index contributed by atoms with van der Waals surface area (Å²) in [5.41, 5.74) is 1.20. The summed E-state index contributed by atoms with van der Waals surface area (Å²) < 4.78 is 5.82. The van der Waals surface area contributed by atoms with Gasteiger partial charge in [-0.05, 0) is 30.0 Å². The Kier molecular flexibility index (Phi) is 6.22. The van der Waals surface area contributed by atoms with Crippen molar-refractivity contribution in [3.63, 3.8) is 0 Å². The van der Waals surface area contributed by atoms with Crippen LogP contribution in [0.3, 0.4) is 0 Å². The molecule has 0 radical (unpaired) electrons. The summed E-state index contributed by atoms with van der Waals surface area (Å²) in [6.07, 6.45) is 3.33. The highest BCUT2D eigenvalue weighted by Gasteiger charge is 2.10. The van der Waals surface area contributed by atoms with Gasteiger partial charge in [-0.1, -0.05) is 54.0 Å². The van der Waals surface area contributed by atoms with E-state index in [0.717, 1.165) is 46.2 Å². The highest BCUT2D eigenvalue weighted by molar-refractivity contribution is 7.17. The molecule has 1 aromatic carbocycles. The largest absolute Gasteiger partial charge is 0.430 e. The van der Waals surface area contributed by atoms with Crippen LogP contribution in [0.4, 0.5) is 5.82 Å². The molecule has 0 aliphatic heterocycles. The molecule has 9 heteroatoms. The van der Waals surface area contributed by atoms with E-state index in [1.807, 2.05) is 17.5 Å². The quantitative estimate of drug-likeness (QED) is 0.367. The third-order valence-electron chi connectivity index (χ3n) is 4.19. The van der Waals surface area contributed by atoms with Gasteiger partial charge >= 0.3 is 0 Å². The van der Waals surface area contributed by atoms with Crippen LogP contribution in [0.5, 0.6) is 10.9 Å². The fourth-order valence-corrected chi connectivity index (χ4v) is 4.89. The minimum Gasteiger partial charge on any atom is -0.430 e. The fraction of sp³-hybridized carbons (Fsp3) is 0.300. The van der Waals surface area contributed by atoms with Crippen molar-refractivity contribution in [2.24, 2.45) is 5.92 Å². The van der Waals surface area contributed by atoms with Gasteiger partial charge in [0.2, 0.25) is 0 Å². The lowest BCUT2D eigenvalue weighted by Crippen LogP contribution is -2.06. The van der Waals surface area contributed by atoms with Gasteiger partial charge in [0.25, 0.3) is 5.19 Å². The molecule has 6 nitrogen and oxygen atoms in total. The van der Waals surface area contributed by atoms with E-state index in [1.165, 1.54) is 28.2 Å². The zero-order valence-electron chi connectivity index (χ0n) is 16.1. The van der Waals surface area contributed by atoms with Crippen molar-refractivity contribution in [2.75, 3.05) is 11.9 Å². The molecule has 0 atom stereocenters. The predicted octanol–water partition coefficient (Wildman–Crippen LogP) is 5.84. The van der Waals surface area contributed by atoms with E-state index >= 15 is 0 Å².